The van der Waals surface area contributed by atoms with Crippen LogP contribution in [0.25, 0.3) is 0 Å². The SMILES string of the molecule is CCCCCCCC[N+](C)(CCCCCCCC)CCCCCCCC.O=P([O-])([O-])[O-].[K+].[K+]. The minimum absolute atomic E-state index is 0. The van der Waals surface area contributed by atoms with Gasteiger partial charge in [-0.05, 0) is 38.5 Å². The molecule has 33 heavy (non-hydrogen) atoms. The summed E-state index contributed by atoms with van der Waals surface area (Å²) in [5, 5.41) is 0. The molecule has 8 heteroatoms. The van der Waals surface area contributed by atoms with E-state index in [0.717, 1.165) is 0 Å². The zero-order chi connectivity index (χ0) is 23.8. The van der Waals surface area contributed by atoms with E-state index in [1.54, 1.807) is 0 Å². The Kier molecular flexibility index (Phi) is 41.5. The Bertz CT molecular complexity index is 363. The van der Waals surface area contributed by atoms with Gasteiger partial charge in [0, 0.05) is 0 Å². The molecule has 0 aromatic carbocycles. The van der Waals surface area contributed by atoms with Gasteiger partial charge in [0.1, 0.15) is 0 Å². The molecular formula is C25H54K2NO4P. The van der Waals surface area contributed by atoms with Crippen LogP contribution in [-0.2, 0) is 4.57 Å². The maximum absolute atomic E-state index is 8.55. The largest absolute Gasteiger partial charge is 1.00 e. The summed E-state index contributed by atoms with van der Waals surface area (Å²) in [6, 6.07) is 0. The van der Waals surface area contributed by atoms with Crippen LogP contribution in [0.3, 0.4) is 0 Å². The van der Waals surface area contributed by atoms with Gasteiger partial charge in [0.05, 0.1) is 26.7 Å². The first-order chi connectivity index (χ1) is 14.7. The van der Waals surface area contributed by atoms with Crippen LogP contribution in [0.1, 0.15) is 136 Å². The summed E-state index contributed by atoms with van der Waals surface area (Å²) in [5.41, 5.74) is 0. The molecule has 0 aromatic heterocycles. The maximum Gasteiger partial charge on any atom is 1.00 e. The minimum atomic E-state index is -5.39. The molecule has 190 valence electrons. The van der Waals surface area contributed by atoms with Crippen LogP contribution in [0.2, 0.25) is 0 Å². The van der Waals surface area contributed by atoms with Gasteiger partial charge in [-0.15, -0.1) is 0 Å². The number of nitrogens with zero attached hydrogens (tertiary/aromatic N) is 1. The zero-order valence-corrected chi connectivity index (χ0v) is 30.5. The molecule has 0 aliphatic heterocycles. The van der Waals surface area contributed by atoms with Crippen molar-refractivity contribution in [3.05, 3.63) is 0 Å². The van der Waals surface area contributed by atoms with E-state index in [0.29, 0.717) is 0 Å². The summed E-state index contributed by atoms with van der Waals surface area (Å²) in [4.78, 5) is 25.6. The third-order valence-corrected chi connectivity index (χ3v) is 6.15. The Labute approximate surface area is 292 Å². The minimum Gasteiger partial charge on any atom is -0.822 e. The van der Waals surface area contributed by atoms with E-state index >= 15 is 0 Å². The molecule has 0 amide bonds. The van der Waals surface area contributed by atoms with Crippen molar-refractivity contribution in [2.75, 3.05) is 26.7 Å². The van der Waals surface area contributed by atoms with Crippen LogP contribution in [0.15, 0.2) is 0 Å². The number of unbranched alkanes of at least 4 members (excludes halogenated alkanes) is 15. The maximum atomic E-state index is 8.55. The number of quaternary nitrogens is 1. The van der Waals surface area contributed by atoms with Crippen LogP contribution in [0, 0.1) is 0 Å². The predicted molar refractivity (Wildman–Crippen MR) is 129 cm³/mol. The molecule has 0 aliphatic carbocycles. The van der Waals surface area contributed by atoms with Gasteiger partial charge in [0.2, 0.25) is 0 Å². The summed E-state index contributed by atoms with van der Waals surface area (Å²) in [6.07, 6.45) is 25.9. The molecule has 5 nitrogen and oxygen atoms in total. The quantitative estimate of drug-likeness (QED) is 0.0864. The number of rotatable bonds is 21. The van der Waals surface area contributed by atoms with E-state index in [2.05, 4.69) is 27.8 Å². The fourth-order valence-electron chi connectivity index (χ4n) is 4.16. The summed E-state index contributed by atoms with van der Waals surface area (Å²) in [6.45, 7) is 11.2. The predicted octanol–water partition coefficient (Wildman–Crippen LogP) is -0.302. The molecule has 0 atom stereocenters. The van der Waals surface area contributed by atoms with E-state index in [-0.39, 0.29) is 103 Å². The van der Waals surface area contributed by atoms with Crippen molar-refractivity contribution in [1.82, 2.24) is 0 Å². The molecular weight excluding hydrogens is 487 g/mol. The van der Waals surface area contributed by atoms with E-state index in [1.807, 2.05) is 0 Å². The molecule has 0 saturated heterocycles. The molecule has 0 aromatic rings. The van der Waals surface area contributed by atoms with Crippen LogP contribution < -0.4 is 117 Å². The van der Waals surface area contributed by atoms with Crippen molar-refractivity contribution >= 4 is 7.82 Å². The molecule has 0 heterocycles. The number of phosphoric acid groups is 1. The van der Waals surface area contributed by atoms with Crippen molar-refractivity contribution in [3.8, 4) is 0 Å². The smallest absolute Gasteiger partial charge is 0.822 e. The summed E-state index contributed by atoms with van der Waals surface area (Å²) in [7, 11) is -2.83. The molecule has 0 saturated carbocycles. The van der Waals surface area contributed by atoms with Gasteiger partial charge in [-0.25, -0.2) is 0 Å². The number of hydrogen-bond acceptors (Lipinski definition) is 4. The molecule has 0 radical (unpaired) electrons. The summed E-state index contributed by atoms with van der Waals surface area (Å²) < 4.78 is 9.91. The van der Waals surface area contributed by atoms with E-state index in [1.165, 1.54) is 140 Å². The van der Waals surface area contributed by atoms with E-state index < -0.39 is 7.82 Å². The van der Waals surface area contributed by atoms with E-state index in [9.17, 15) is 0 Å². The first-order valence-electron chi connectivity index (χ1n) is 13.2. The molecule has 0 fully saturated rings. The topological polar surface area (TPSA) is 86.2 Å². The Balaban J connectivity index is -0.000000539. The van der Waals surface area contributed by atoms with Gasteiger partial charge in [-0.2, -0.15) is 7.82 Å². The first-order valence-corrected chi connectivity index (χ1v) is 14.7. The molecule has 0 spiro atoms. The van der Waals surface area contributed by atoms with Gasteiger partial charge >= 0.3 is 103 Å². The molecule has 0 aliphatic rings. The third kappa shape index (κ3) is 42.7. The number of hydrogen-bond donors (Lipinski definition) is 0. The zero-order valence-electron chi connectivity index (χ0n) is 23.4. The van der Waals surface area contributed by atoms with Gasteiger partial charge in [0.25, 0.3) is 0 Å². The molecule has 0 N–H and O–H groups in total. The Morgan fingerprint density at radius 2 is 0.667 bits per heavy atom. The fourth-order valence-corrected chi connectivity index (χ4v) is 4.16. The standard InChI is InChI=1S/C25H54N.2K.H3O4P/c1-5-8-11-14-17-20-23-26(4,24-21-18-15-12-9-6-2)25-22-19-16-13-10-7-3;;;1-5(2,3)4/h5-25H2,1-4H3;;;(H3,1,2,3,4)/q3*+1;/p-3. The van der Waals surface area contributed by atoms with Crippen molar-refractivity contribution in [1.29, 1.82) is 0 Å². The fraction of sp³-hybridized carbons (Fsp3) is 1.00. The molecule has 0 bridgehead atoms. The summed E-state index contributed by atoms with van der Waals surface area (Å²) >= 11 is 0. The van der Waals surface area contributed by atoms with Gasteiger partial charge in [0.15, 0.2) is 0 Å². The van der Waals surface area contributed by atoms with Gasteiger partial charge in [-0.1, -0.05) is 97.8 Å². The van der Waals surface area contributed by atoms with Crippen LogP contribution >= 0.6 is 7.82 Å². The Morgan fingerprint density at radius 1 is 0.485 bits per heavy atom. The molecule has 0 rings (SSSR count). The van der Waals surface area contributed by atoms with Gasteiger partial charge < -0.3 is 23.7 Å². The average molecular weight is 542 g/mol. The van der Waals surface area contributed by atoms with Crippen LogP contribution in [-0.4, -0.2) is 31.2 Å². The monoisotopic (exact) mass is 541 g/mol. The van der Waals surface area contributed by atoms with Crippen molar-refractivity contribution < 1.29 is 126 Å². The van der Waals surface area contributed by atoms with Crippen molar-refractivity contribution in [2.45, 2.75) is 136 Å². The first kappa shape index (κ1) is 43.4. The van der Waals surface area contributed by atoms with E-state index in [4.69, 9.17) is 19.2 Å². The van der Waals surface area contributed by atoms with Crippen molar-refractivity contribution in [2.24, 2.45) is 0 Å². The average Bonchev–Trinajstić information content (AvgIpc) is 2.69. The summed E-state index contributed by atoms with van der Waals surface area (Å²) in [5.74, 6) is 0. The third-order valence-electron chi connectivity index (χ3n) is 6.15. The van der Waals surface area contributed by atoms with Crippen LogP contribution in [0.4, 0.5) is 0 Å². The van der Waals surface area contributed by atoms with Crippen molar-refractivity contribution in [3.63, 3.8) is 0 Å². The second-order valence-electron chi connectivity index (χ2n) is 9.54. The van der Waals surface area contributed by atoms with Gasteiger partial charge in [-0.3, -0.25) is 0 Å². The second kappa shape index (κ2) is 31.6. The van der Waals surface area contributed by atoms with Crippen LogP contribution in [0.5, 0.6) is 0 Å². The Morgan fingerprint density at radius 3 is 0.879 bits per heavy atom. The normalized spacial score (nSPS) is 11.2. The second-order valence-corrected chi connectivity index (χ2v) is 10.4. The molecule has 0 unspecified atom stereocenters. The Hall–Kier alpha value is 3.34.